The minimum Gasteiger partial charge on any atom is -0.291 e. The van der Waals surface area contributed by atoms with Crippen LogP contribution in [0.3, 0.4) is 0 Å². The zero-order chi connectivity index (χ0) is 11.5. The van der Waals surface area contributed by atoms with Crippen LogP contribution in [0.4, 0.5) is 0 Å². The van der Waals surface area contributed by atoms with E-state index in [0.717, 1.165) is 16.1 Å². The Balaban J connectivity index is 2.39. The summed E-state index contributed by atoms with van der Waals surface area (Å²) in [7, 11) is 0. The van der Waals surface area contributed by atoms with Gasteiger partial charge in [-0.15, -0.1) is 22.9 Å². The second-order valence-corrected chi connectivity index (χ2v) is 4.41. The van der Waals surface area contributed by atoms with Gasteiger partial charge in [0.05, 0.1) is 5.88 Å². The number of halogens is 1. The molecule has 0 saturated carbocycles. The minimum atomic E-state index is -0.143. The summed E-state index contributed by atoms with van der Waals surface area (Å²) in [6, 6.07) is 1.89. The average Bonchev–Trinajstić information content (AvgIpc) is 2.78. The fourth-order valence-electron chi connectivity index (χ4n) is 1.31. The van der Waals surface area contributed by atoms with Crippen molar-refractivity contribution in [3.8, 4) is 10.6 Å². The van der Waals surface area contributed by atoms with Crippen molar-refractivity contribution in [2.45, 2.75) is 6.92 Å². The first kappa shape index (κ1) is 11.2. The normalized spacial score (nSPS) is 10.4. The van der Waals surface area contributed by atoms with Gasteiger partial charge in [-0.25, -0.2) is 4.98 Å². The highest BCUT2D eigenvalue weighted by Gasteiger charge is 2.11. The summed E-state index contributed by atoms with van der Waals surface area (Å²) >= 11 is 6.92. The van der Waals surface area contributed by atoms with Crippen LogP contribution in [0.1, 0.15) is 16.1 Å². The number of Topliss-reactive ketones (excluding diaryl/α,β-unsaturated/α-hetero) is 1. The summed E-state index contributed by atoms with van der Waals surface area (Å²) in [4.78, 5) is 19.6. The van der Waals surface area contributed by atoms with Crippen LogP contribution < -0.4 is 0 Å². The van der Waals surface area contributed by atoms with Gasteiger partial charge in [-0.2, -0.15) is 0 Å². The highest BCUT2D eigenvalue weighted by atomic mass is 35.5. The fraction of sp³-hybridized carbons (Fsp3) is 0.182. The molecule has 0 aliphatic heterocycles. The Labute approximate surface area is 102 Å². The molecule has 5 heteroatoms. The summed E-state index contributed by atoms with van der Waals surface area (Å²) in [5.41, 5.74) is 2.49. The van der Waals surface area contributed by atoms with Gasteiger partial charge in [0.15, 0.2) is 5.78 Å². The topological polar surface area (TPSA) is 42.9 Å². The monoisotopic (exact) mass is 252 g/mol. The predicted octanol–water partition coefficient (Wildman–Crippen LogP) is 2.94. The van der Waals surface area contributed by atoms with Crippen LogP contribution in [-0.4, -0.2) is 21.6 Å². The number of aryl methyl sites for hydroxylation is 1. The summed E-state index contributed by atoms with van der Waals surface area (Å²) in [6.07, 6.45) is 3.49. The third-order valence-electron chi connectivity index (χ3n) is 2.16. The highest BCUT2D eigenvalue weighted by Crippen LogP contribution is 2.26. The van der Waals surface area contributed by atoms with Crippen LogP contribution in [-0.2, 0) is 0 Å². The number of ketones is 1. The lowest BCUT2D eigenvalue weighted by Gasteiger charge is -1.99. The van der Waals surface area contributed by atoms with Crippen LogP contribution in [0.15, 0.2) is 23.8 Å². The largest absolute Gasteiger partial charge is 0.291 e. The summed E-state index contributed by atoms with van der Waals surface area (Å²) in [6.45, 7) is 1.97. The molecule has 0 N–H and O–H groups in total. The van der Waals surface area contributed by atoms with Crippen molar-refractivity contribution in [3.63, 3.8) is 0 Å². The number of aromatic nitrogens is 2. The number of hydrogen-bond acceptors (Lipinski definition) is 4. The second-order valence-electron chi connectivity index (χ2n) is 3.29. The van der Waals surface area contributed by atoms with Gasteiger partial charge in [-0.05, 0) is 18.6 Å². The van der Waals surface area contributed by atoms with E-state index in [1.54, 1.807) is 17.8 Å². The van der Waals surface area contributed by atoms with Crippen molar-refractivity contribution in [3.05, 3.63) is 35.1 Å². The van der Waals surface area contributed by atoms with E-state index in [1.165, 1.54) is 11.3 Å². The minimum absolute atomic E-state index is 0.0293. The molecule has 0 amide bonds. The molecule has 0 atom stereocenters. The highest BCUT2D eigenvalue weighted by molar-refractivity contribution is 7.13. The number of carbonyl (C=O) groups excluding carboxylic acids is 1. The van der Waals surface area contributed by atoms with Crippen LogP contribution in [0.25, 0.3) is 10.6 Å². The van der Waals surface area contributed by atoms with E-state index in [2.05, 4.69) is 9.97 Å². The van der Waals surface area contributed by atoms with E-state index >= 15 is 0 Å². The van der Waals surface area contributed by atoms with E-state index in [4.69, 9.17) is 11.6 Å². The molecule has 82 valence electrons. The van der Waals surface area contributed by atoms with Crippen molar-refractivity contribution in [1.82, 2.24) is 9.97 Å². The van der Waals surface area contributed by atoms with Crippen molar-refractivity contribution in [2.75, 3.05) is 5.88 Å². The summed E-state index contributed by atoms with van der Waals surface area (Å²) in [5.74, 6) is -0.172. The molecule has 0 radical (unpaired) electrons. The van der Waals surface area contributed by atoms with Crippen molar-refractivity contribution in [1.29, 1.82) is 0 Å². The Kier molecular flexibility index (Phi) is 3.31. The number of pyridine rings is 1. The molecule has 2 heterocycles. The number of thiazole rings is 1. The van der Waals surface area contributed by atoms with Gasteiger partial charge in [-0.1, -0.05) is 0 Å². The number of hydrogen-bond donors (Lipinski definition) is 0. The van der Waals surface area contributed by atoms with Gasteiger partial charge in [0, 0.05) is 23.3 Å². The predicted molar refractivity (Wildman–Crippen MR) is 65.1 cm³/mol. The van der Waals surface area contributed by atoms with E-state index in [-0.39, 0.29) is 11.7 Å². The number of alkyl halides is 1. The molecular weight excluding hydrogens is 244 g/mol. The van der Waals surface area contributed by atoms with Crippen molar-refractivity contribution in [2.24, 2.45) is 0 Å². The lowest BCUT2D eigenvalue weighted by Crippen LogP contribution is -2.00. The molecule has 2 rings (SSSR count). The first-order chi connectivity index (χ1) is 7.72. The third kappa shape index (κ3) is 2.13. The smallest absolute Gasteiger partial charge is 0.196 e. The van der Waals surface area contributed by atoms with Crippen LogP contribution >= 0.6 is 22.9 Å². The lowest BCUT2D eigenvalue weighted by atomic mass is 10.2. The first-order valence-electron chi connectivity index (χ1n) is 4.68. The molecular formula is C11H9ClN2OS. The number of rotatable bonds is 3. The van der Waals surface area contributed by atoms with Gasteiger partial charge < -0.3 is 0 Å². The molecule has 0 spiro atoms. The second kappa shape index (κ2) is 4.72. The van der Waals surface area contributed by atoms with Gasteiger partial charge in [0.2, 0.25) is 0 Å². The fourth-order valence-corrected chi connectivity index (χ4v) is 2.36. The molecule has 0 saturated heterocycles. The molecule has 2 aromatic rings. The maximum absolute atomic E-state index is 11.3. The Hall–Kier alpha value is -1.26. The molecule has 16 heavy (non-hydrogen) atoms. The number of nitrogens with zero attached hydrogens (tertiary/aromatic N) is 2. The quantitative estimate of drug-likeness (QED) is 0.623. The molecule has 0 bridgehead atoms. The Morgan fingerprint density at radius 1 is 1.56 bits per heavy atom. The zero-order valence-corrected chi connectivity index (χ0v) is 10.2. The molecule has 0 aromatic carbocycles. The van der Waals surface area contributed by atoms with E-state index < -0.39 is 0 Å². The Morgan fingerprint density at radius 2 is 2.38 bits per heavy atom. The molecule has 0 aliphatic carbocycles. The maximum Gasteiger partial charge on any atom is 0.196 e. The Morgan fingerprint density at radius 3 is 3.06 bits per heavy atom. The average molecular weight is 253 g/mol. The molecule has 0 unspecified atom stereocenters. The van der Waals surface area contributed by atoms with Crippen LogP contribution in [0, 0.1) is 6.92 Å². The van der Waals surface area contributed by atoms with Crippen molar-refractivity contribution >= 4 is 28.7 Å². The maximum atomic E-state index is 11.3. The molecule has 0 aliphatic rings. The van der Waals surface area contributed by atoms with Crippen LogP contribution in [0.2, 0.25) is 0 Å². The van der Waals surface area contributed by atoms with Crippen molar-refractivity contribution < 1.29 is 4.79 Å². The number of carbonyl (C=O) groups is 1. The van der Waals surface area contributed by atoms with Gasteiger partial charge >= 0.3 is 0 Å². The SMILES string of the molecule is Cc1cnccc1-c1nc(C(=O)CCl)cs1. The van der Waals surface area contributed by atoms with E-state index in [0.29, 0.717) is 5.69 Å². The summed E-state index contributed by atoms with van der Waals surface area (Å²) < 4.78 is 0. The molecule has 3 nitrogen and oxygen atoms in total. The third-order valence-corrected chi connectivity index (χ3v) is 3.28. The zero-order valence-electron chi connectivity index (χ0n) is 8.61. The Bertz CT molecular complexity index is 524. The standard InChI is InChI=1S/C11H9ClN2OS/c1-7-5-13-3-2-8(7)11-14-9(6-16-11)10(15)4-12/h2-3,5-6H,4H2,1H3. The van der Waals surface area contributed by atoms with Gasteiger partial charge in [0.25, 0.3) is 0 Å². The summed E-state index contributed by atoms with van der Waals surface area (Å²) in [5, 5.41) is 2.56. The van der Waals surface area contributed by atoms with Crippen LogP contribution in [0.5, 0.6) is 0 Å². The first-order valence-corrected chi connectivity index (χ1v) is 6.09. The molecule has 0 fully saturated rings. The van der Waals surface area contributed by atoms with Gasteiger partial charge in [-0.3, -0.25) is 9.78 Å². The van der Waals surface area contributed by atoms with E-state index in [9.17, 15) is 4.79 Å². The molecule has 2 aromatic heterocycles. The van der Waals surface area contributed by atoms with E-state index in [1.807, 2.05) is 13.0 Å². The van der Waals surface area contributed by atoms with Gasteiger partial charge in [0.1, 0.15) is 10.7 Å². The lowest BCUT2D eigenvalue weighted by molar-refractivity contribution is 0.101.